The summed E-state index contributed by atoms with van der Waals surface area (Å²) in [6, 6.07) is 3.18. The number of carbonyl (C=O) groups is 2. The molecule has 5 nitrogen and oxygen atoms in total. The first-order valence-electron chi connectivity index (χ1n) is 8.31. The third kappa shape index (κ3) is 4.85. The van der Waals surface area contributed by atoms with Gasteiger partial charge in [-0.3, -0.25) is 4.79 Å². The van der Waals surface area contributed by atoms with Crippen LogP contribution in [0, 0.1) is 0 Å². The summed E-state index contributed by atoms with van der Waals surface area (Å²) in [4.78, 5) is 24.2. The van der Waals surface area contributed by atoms with Crippen molar-refractivity contribution in [1.82, 2.24) is 0 Å². The number of ether oxygens (including phenoxy) is 2. The van der Waals surface area contributed by atoms with Gasteiger partial charge in [0, 0.05) is 18.9 Å². The Morgan fingerprint density at radius 3 is 2.67 bits per heavy atom. The number of aromatic hydroxyl groups is 1. The Labute approximate surface area is 142 Å². The van der Waals surface area contributed by atoms with E-state index in [1.807, 2.05) is 0 Å². The molecule has 130 valence electrons. The van der Waals surface area contributed by atoms with Gasteiger partial charge in [0.2, 0.25) is 0 Å². The Morgan fingerprint density at radius 2 is 1.92 bits per heavy atom. The topological polar surface area (TPSA) is 72.8 Å². The van der Waals surface area contributed by atoms with Crippen LogP contribution in [0.3, 0.4) is 0 Å². The van der Waals surface area contributed by atoms with Crippen molar-refractivity contribution in [1.29, 1.82) is 0 Å². The van der Waals surface area contributed by atoms with Gasteiger partial charge in [-0.2, -0.15) is 0 Å². The van der Waals surface area contributed by atoms with Crippen molar-refractivity contribution in [2.24, 2.45) is 0 Å². The minimum absolute atomic E-state index is 0.102. The molecule has 2 rings (SSSR count). The fraction of sp³-hybridized carbons (Fsp3) is 0.474. The number of esters is 1. The van der Waals surface area contributed by atoms with Gasteiger partial charge in [0.25, 0.3) is 0 Å². The molecule has 0 bridgehead atoms. The smallest absolute Gasteiger partial charge is 0.342 e. The summed E-state index contributed by atoms with van der Waals surface area (Å²) < 4.78 is 10.6. The molecule has 0 radical (unpaired) electrons. The predicted molar refractivity (Wildman–Crippen MR) is 90.5 cm³/mol. The lowest BCUT2D eigenvalue weighted by Crippen LogP contribution is -2.16. The molecule has 0 aromatic heterocycles. The maximum absolute atomic E-state index is 12.5. The third-order valence-corrected chi connectivity index (χ3v) is 4.06. The molecular formula is C19H24O5. The summed E-state index contributed by atoms with van der Waals surface area (Å²) in [5.74, 6) is -0.0644. The minimum atomic E-state index is -0.547. The number of fused-ring (bicyclic) bond motifs is 1. The van der Waals surface area contributed by atoms with Gasteiger partial charge in [0.05, 0.1) is 7.11 Å². The first kappa shape index (κ1) is 18.0. The number of methoxy groups -OCH3 is 1. The SMILES string of the molecule is COc1cc(O)c2c(c1)CCCCCC(=O)/C=C/C[C@H](C)OC2=O. The van der Waals surface area contributed by atoms with Crippen LogP contribution in [0.1, 0.15) is 54.9 Å². The fourth-order valence-electron chi connectivity index (χ4n) is 2.76. The van der Waals surface area contributed by atoms with E-state index >= 15 is 0 Å². The van der Waals surface area contributed by atoms with Crippen LogP contribution in [-0.4, -0.2) is 30.1 Å². The molecule has 0 aliphatic carbocycles. The molecule has 1 aromatic carbocycles. The number of benzene rings is 1. The number of rotatable bonds is 1. The van der Waals surface area contributed by atoms with Crippen molar-refractivity contribution >= 4 is 11.8 Å². The lowest BCUT2D eigenvalue weighted by Gasteiger charge is -2.16. The zero-order chi connectivity index (χ0) is 17.5. The summed E-state index contributed by atoms with van der Waals surface area (Å²) in [6.45, 7) is 1.76. The summed E-state index contributed by atoms with van der Waals surface area (Å²) in [6.07, 6.45) is 7.04. The Hall–Kier alpha value is -2.30. The van der Waals surface area contributed by atoms with Gasteiger partial charge >= 0.3 is 5.97 Å². The molecule has 1 N–H and O–H groups in total. The lowest BCUT2D eigenvalue weighted by molar-refractivity contribution is -0.114. The zero-order valence-electron chi connectivity index (χ0n) is 14.2. The highest BCUT2D eigenvalue weighted by Crippen LogP contribution is 2.30. The Balaban J connectivity index is 2.30. The number of allylic oxidation sites excluding steroid dienone is 1. The van der Waals surface area contributed by atoms with Gasteiger partial charge in [-0.05, 0) is 43.9 Å². The number of hydrogen-bond donors (Lipinski definition) is 1. The van der Waals surface area contributed by atoms with Crippen LogP contribution in [-0.2, 0) is 16.0 Å². The number of phenolic OH excluding ortho intramolecular Hbond substituents is 1. The van der Waals surface area contributed by atoms with E-state index in [0.717, 1.165) is 19.3 Å². The maximum atomic E-state index is 12.5. The number of cyclic esters (lactones) is 1. The van der Waals surface area contributed by atoms with Crippen LogP contribution in [0.5, 0.6) is 11.5 Å². The highest BCUT2D eigenvalue weighted by Gasteiger charge is 2.21. The van der Waals surface area contributed by atoms with Crippen molar-refractivity contribution in [3.63, 3.8) is 0 Å². The van der Waals surface area contributed by atoms with Crippen molar-refractivity contribution in [3.8, 4) is 11.5 Å². The molecule has 0 unspecified atom stereocenters. The molecule has 1 heterocycles. The summed E-state index contributed by atoms with van der Waals surface area (Å²) in [5, 5.41) is 10.2. The first-order chi connectivity index (χ1) is 11.5. The van der Waals surface area contributed by atoms with E-state index in [9.17, 15) is 14.7 Å². The predicted octanol–water partition coefficient (Wildman–Crippen LogP) is 3.58. The number of carbonyl (C=O) groups excluding carboxylic acids is 2. The molecule has 0 saturated carbocycles. The summed E-state index contributed by atoms with van der Waals surface area (Å²) >= 11 is 0. The van der Waals surface area contributed by atoms with Crippen LogP contribution in [0.25, 0.3) is 0 Å². The van der Waals surface area contributed by atoms with Crippen LogP contribution in [0.15, 0.2) is 24.3 Å². The molecule has 5 heteroatoms. The van der Waals surface area contributed by atoms with Crippen LogP contribution in [0.2, 0.25) is 0 Å². The molecule has 1 aliphatic heterocycles. The molecule has 1 atom stereocenters. The minimum Gasteiger partial charge on any atom is -0.507 e. The van der Waals surface area contributed by atoms with E-state index in [0.29, 0.717) is 30.6 Å². The maximum Gasteiger partial charge on any atom is 0.342 e. The Bertz CT molecular complexity index is 633. The molecular weight excluding hydrogens is 308 g/mol. The molecule has 1 aliphatic rings. The summed E-state index contributed by atoms with van der Waals surface area (Å²) in [5.41, 5.74) is 0.919. The largest absolute Gasteiger partial charge is 0.507 e. The van der Waals surface area contributed by atoms with Crippen molar-refractivity contribution in [2.75, 3.05) is 7.11 Å². The zero-order valence-corrected chi connectivity index (χ0v) is 14.2. The molecule has 0 fully saturated rings. The van der Waals surface area contributed by atoms with E-state index in [1.165, 1.54) is 13.2 Å². The third-order valence-electron chi connectivity index (χ3n) is 4.06. The van der Waals surface area contributed by atoms with Crippen molar-refractivity contribution in [3.05, 3.63) is 35.4 Å². The number of aryl methyl sites for hydroxylation is 1. The molecule has 0 amide bonds. The molecule has 1 aromatic rings. The number of phenols is 1. The second-order valence-electron chi connectivity index (χ2n) is 6.06. The van der Waals surface area contributed by atoms with Gasteiger partial charge in [-0.15, -0.1) is 0 Å². The Kier molecular flexibility index (Phi) is 6.41. The average Bonchev–Trinajstić information content (AvgIpc) is 2.53. The summed E-state index contributed by atoms with van der Waals surface area (Å²) in [7, 11) is 1.52. The van der Waals surface area contributed by atoms with Gasteiger partial charge in [0.15, 0.2) is 5.78 Å². The molecule has 0 saturated heterocycles. The second-order valence-corrected chi connectivity index (χ2v) is 6.06. The van der Waals surface area contributed by atoms with Crippen molar-refractivity contribution in [2.45, 2.75) is 51.6 Å². The van der Waals surface area contributed by atoms with Crippen LogP contribution in [0.4, 0.5) is 0 Å². The quantitative estimate of drug-likeness (QED) is 0.796. The van der Waals surface area contributed by atoms with E-state index in [1.54, 1.807) is 25.1 Å². The van der Waals surface area contributed by atoms with Gasteiger partial charge in [-0.1, -0.05) is 12.5 Å². The van der Waals surface area contributed by atoms with E-state index < -0.39 is 5.97 Å². The highest BCUT2D eigenvalue weighted by molar-refractivity contribution is 5.94. The molecule has 0 spiro atoms. The van der Waals surface area contributed by atoms with E-state index in [4.69, 9.17) is 9.47 Å². The van der Waals surface area contributed by atoms with Gasteiger partial charge in [-0.25, -0.2) is 4.79 Å². The lowest BCUT2D eigenvalue weighted by atomic mass is 9.98. The number of ketones is 1. The monoisotopic (exact) mass is 332 g/mol. The normalized spacial score (nSPS) is 21.3. The first-order valence-corrected chi connectivity index (χ1v) is 8.31. The van der Waals surface area contributed by atoms with Crippen molar-refractivity contribution < 1.29 is 24.2 Å². The van der Waals surface area contributed by atoms with E-state index in [2.05, 4.69) is 0 Å². The fourth-order valence-corrected chi connectivity index (χ4v) is 2.76. The standard InChI is InChI=1S/C19H24O5/c1-13-7-6-10-15(20)9-5-3-4-8-14-11-16(23-2)12-17(21)18(14)19(22)24-13/h6,10-13,21H,3-5,7-9H2,1-2H3/b10-6+/t13-/m0/s1. The second kappa shape index (κ2) is 8.52. The average molecular weight is 332 g/mol. The Morgan fingerprint density at radius 1 is 1.17 bits per heavy atom. The van der Waals surface area contributed by atoms with Crippen LogP contribution < -0.4 is 4.74 Å². The van der Waals surface area contributed by atoms with E-state index in [-0.39, 0.29) is 23.2 Å². The van der Waals surface area contributed by atoms with Gasteiger partial charge < -0.3 is 14.6 Å². The van der Waals surface area contributed by atoms with Crippen LogP contribution >= 0.6 is 0 Å². The van der Waals surface area contributed by atoms with Gasteiger partial charge in [0.1, 0.15) is 23.2 Å². The highest BCUT2D eigenvalue weighted by atomic mass is 16.5. The molecule has 24 heavy (non-hydrogen) atoms. The number of hydrogen-bond acceptors (Lipinski definition) is 5.